The molecule has 204 valence electrons. The summed E-state index contributed by atoms with van der Waals surface area (Å²) in [5.74, 6) is 0. The number of oxime groups is 2. The third-order valence-corrected chi connectivity index (χ3v) is 6.79. The molecule has 0 unspecified atom stereocenters. The molecule has 0 aliphatic carbocycles. The van der Waals surface area contributed by atoms with Crippen molar-refractivity contribution in [2.24, 2.45) is 10.3 Å². The van der Waals surface area contributed by atoms with Gasteiger partial charge in [-0.3, -0.25) is 0 Å². The van der Waals surface area contributed by atoms with Crippen LogP contribution in [-0.4, -0.2) is 58.2 Å². The molecule has 0 amide bonds. The highest BCUT2D eigenvalue weighted by Crippen LogP contribution is 2.20. The molecule has 41 heavy (non-hydrogen) atoms. The maximum Gasteiger partial charge on any atom is 0.164 e. The van der Waals surface area contributed by atoms with Crippen molar-refractivity contribution < 1.29 is 10.0 Å². The first-order valence-electron chi connectivity index (χ1n) is 12.4. The van der Waals surface area contributed by atoms with Crippen molar-refractivity contribution in [2.75, 3.05) is 6.61 Å². The van der Waals surface area contributed by atoms with Gasteiger partial charge in [0.1, 0.15) is 22.8 Å². The molecule has 0 saturated carbocycles. The highest BCUT2D eigenvalue weighted by Gasteiger charge is 2.16. The lowest BCUT2D eigenvalue weighted by atomic mass is 10.1. The first-order valence-corrected chi connectivity index (χ1v) is 13.1. The lowest BCUT2D eigenvalue weighted by Gasteiger charge is -2.05. The molecule has 6 aromatic rings. The van der Waals surface area contributed by atoms with Crippen LogP contribution in [0.15, 0.2) is 102 Å². The van der Waals surface area contributed by atoms with Gasteiger partial charge in [-0.15, -0.1) is 10.2 Å². The number of nitrogens with one attached hydrogen (secondary N) is 1. The highest BCUT2D eigenvalue weighted by atomic mass is 35.5. The fourth-order valence-corrected chi connectivity index (χ4v) is 4.44. The van der Waals surface area contributed by atoms with E-state index in [0.717, 1.165) is 27.8 Å². The third kappa shape index (κ3) is 5.81. The molecule has 3 aromatic carbocycles. The van der Waals surface area contributed by atoms with Crippen LogP contribution in [0.2, 0.25) is 10.0 Å². The van der Waals surface area contributed by atoms with Crippen LogP contribution >= 0.6 is 23.2 Å². The molecule has 13 heteroatoms. The van der Waals surface area contributed by atoms with Crippen molar-refractivity contribution in [1.29, 1.82) is 0 Å². The maximum absolute atomic E-state index is 9.68. The number of halogens is 2. The van der Waals surface area contributed by atoms with Crippen LogP contribution in [0.4, 0.5) is 0 Å². The van der Waals surface area contributed by atoms with Gasteiger partial charge in [-0.1, -0.05) is 62.1 Å². The SMILES string of the molecule is O/N=C(/CO/N=C(\Cc1c[nH]c2ccccc12)c1cn(-c2ccc(Cl)cc2)nn1)c1cn(-c2ccc(Cl)cc2)nn1. The summed E-state index contributed by atoms with van der Waals surface area (Å²) in [4.78, 5) is 8.96. The highest BCUT2D eigenvalue weighted by molar-refractivity contribution is 6.30. The minimum atomic E-state index is -0.168. The zero-order valence-corrected chi connectivity index (χ0v) is 22.8. The molecule has 6 rings (SSSR count). The average molecular weight is 586 g/mol. The van der Waals surface area contributed by atoms with Crippen LogP contribution in [0.1, 0.15) is 17.0 Å². The van der Waals surface area contributed by atoms with Crippen molar-refractivity contribution in [3.05, 3.63) is 118 Å². The molecule has 3 aromatic heterocycles. The number of para-hydroxylation sites is 1. The molecular weight excluding hydrogens is 565 g/mol. The lowest BCUT2D eigenvalue weighted by molar-refractivity contribution is 0.180. The summed E-state index contributed by atoms with van der Waals surface area (Å²) in [5.41, 5.74) is 5.05. The van der Waals surface area contributed by atoms with E-state index < -0.39 is 0 Å². The van der Waals surface area contributed by atoms with Gasteiger partial charge in [0.2, 0.25) is 0 Å². The van der Waals surface area contributed by atoms with Gasteiger partial charge in [0.15, 0.2) is 6.61 Å². The molecule has 11 nitrogen and oxygen atoms in total. The molecule has 0 fully saturated rings. The first kappa shape index (κ1) is 26.2. The van der Waals surface area contributed by atoms with E-state index in [0.29, 0.717) is 33.6 Å². The molecule has 0 bridgehead atoms. The zero-order valence-electron chi connectivity index (χ0n) is 21.3. The fourth-order valence-electron chi connectivity index (χ4n) is 4.19. The number of hydrogen-bond donors (Lipinski definition) is 2. The first-order chi connectivity index (χ1) is 20.1. The second-order valence-corrected chi connectivity index (χ2v) is 9.82. The van der Waals surface area contributed by atoms with Crippen LogP contribution in [0.25, 0.3) is 22.3 Å². The quantitative estimate of drug-likeness (QED) is 0.131. The largest absolute Gasteiger partial charge is 0.410 e. The van der Waals surface area contributed by atoms with E-state index in [-0.39, 0.29) is 12.3 Å². The van der Waals surface area contributed by atoms with Gasteiger partial charge < -0.3 is 15.0 Å². The molecular formula is C28H21Cl2N9O2. The lowest BCUT2D eigenvalue weighted by Crippen LogP contribution is -2.12. The summed E-state index contributed by atoms with van der Waals surface area (Å²) in [6.07, 6.45) is 5.72. The predicted molar refractivity (Wildman–Crippen MR) is 156 cm³/mol. The average Bonchev–Trinajstić information content (AvgIpc) is 3.76. The van der Waals surface area contributed by atoms with Crippen molar-refractivity contribution in [3.63, 3.8) is 0 Å². The van der Waals surface area contributed by atoms with Crippen molar-refractivity contribution >= 4 is 45.5 Å². The van der Waals surface area contributed by atoms with Crippen LogP contribution in [0, 0.1) is 0 Å². The summed E-state index contributed by atoms with van der Waals surface area (Å²) in [5, 5.41) is 36.5. The Bertz CT molecular complexity index is 1860. The topological polar surface area (TPSA) is 131 Å². The van der Waals surface area contributed by atoms with Gasteiger partial charge >= 0.3 is 0 Å². The van der Waals surface area contributed by atoms with E-state index in [4.69, 9.17) is 28.0 Å². The second kappa shape index (κ2) is 11.6. The molecule has 0 radical (unpaired) electrons. The Morgan fingerprint density at radius 2 is 1.39 bits per heavy atom. The summed E-state index contributed by atoms with van der Waals surface area (Å²) >= 11 is 12.0. The second-order valence-electron chi connectivity index (χ2n) is 8.94. The standard InChI is InChI=1S/C28H21Cl2N9O2/c29-19-5-9-21(10-6-19)38-15-26(32-36-38)25(13-18-14-31-24-4-2-1-3-23(18)24)35-41-17-28(34-40)27-16-39(37-33-27)22-11-7-20(30)8-12-22/h1-12,14-16,31,40H,13,17H2/b34-28-,35-25+. The van der Waals surface area contributed by atoms with Crippen molar-refractivity contribution in [2.45, 2.75) is 6.42 Å². The predicted octanol–water partition coefficient (Wildman–Crippen LogP) is 5.48. The number of nitrogens with zero attached hydrogens (tertiary/aromatic N) is 8. The molecule has 0 aliphatic heterocycles. The molecule has 0 aliphatic rings. The number of hydrogen-bond acceptors (Lipinski definition) is 8. The van der Waals surface area contributed by atoms with Crippen LogP contribution in [0.5, 0.6) is 0 Å². The number of H-pyrrole nitrogens is 1. The Labute approximate surface area is 243 Å². The maximum atomic E-state index is 9.68. The van der Waals surface area contributed by atoms with E-state index in [2.05, 4.69) is 35.9 Å². The van der Waals surface area contributed by atoms with E-state index in [1.54, 1.807) is 53.5 Å². The van der Waals surface area contributed by atoms with Gasteiger partial charge in [0, 0.05) is 33.6 Å². The minimum Gasteiger partial charge on any atom is -0.410 e. The molecule has 0 atom stereocenters. The smallest absolute Gasteiger partial charge is 0.164 e. The van der Waals surface area contributed by atoms with E-state index >= 15 is 0 Å². The third-order valence-electron chi connectivity index (χ3n) is 6.29. The van der Waals surface area contributed by atoms with Crippen LogP contribution in [-0.2, 0) is 11.3 Å². The van der Waals surface area contributed by atoms with E-state index in [1.807, 2.05) is 42.6 Å². The number of rotatable bonds is 9. The molecule has 3 heterocycles. The van der Waals surface area contributed by atoms with Gasteiger partial charge in [-0.2, -0.15) is 0 Å². The van der Waals surface area contributed by atoms with Crippen molar-refractivity contribution in [1.82, 2.24) is 35.0 Å². The van der Waals surface area contributed by atoms with Gasteiger partial charge in [0.25, 0.3) is 0 Å². The molecule has 0 spiro atoms. The van der Waals surface area contributed by atoms with E-state index in [1.165, 1.54) is 4.68 Å². The molecule has 2 N–H and O–H groups in total. The Balaban J connectivity index is 1.25. The number of aromatic nitrogens is 7. The Kier molecular flexibility index (Phi) is 7.44. The monoisotopic (exact) mass is 585 g/mol. The Morgan fingerprint density at radius 3 is 2.00 bits per heavy atom. The fraction of sp³-hybridized carbons (Fsp3) is 0.0714. The number of benzene rings is 3. The summed E-state index contributed by atoms with van der Waals surface area (Å²) in [6, 6.07) is 22.3. The minimum absolute atomic E-state index is 0.144. The zero-order chi connectivity index (χ0) is 28.2. The Morgan fingerprint density at radius 1 is 0.805 bits per heavy atom. The van der Waals surface area contributed by atoms with Crippen molar-refractivity contribution in [3.8, 4) is 11.4 Å². The van der Waals surface area contributed by atoms with E-state index in [9.17, 15) is 5.21 Å². The summed E-state index contributed by atoms with van der Waals surface area (Å²) in [6.45, 7) is -0.168. The summed E-state index contributed by atoms with van der Waals surface area (Å²) < 4.78 is 3.17. The Hall–Kier alpha value is -5.00. The van der Waals surface area contributed by atoms with Crippen LogP contribution < -0.4 is 0 Å². The molecule has 0 saturated heterocycles. The number of aromatic amines is 1. The summed E-state index contributed by atoms with van der Waals surface area (Å²) in [7, 11) is 0. The number of fused-ring (bicyclic) bond motifs is 1. The van der Waals surface area contributed by atoms with Gasteiger partial charge in [0.05, 0.1) is 23.8 Å². The normalized spacial score (nSPS) is 12.2. The van der Waals surface area contributed by atoms with Gasteiger partial charge in [-0.05, 0) is 60.2 Å². The van der Waals surface area contributed by atoms with Gasteiger partial charge in [-0.25, -0.2) is 9.36 Å². The van der Waals surface area contributed by atoms with Crippen LogP contribution in [0.3, 0.4) is 0 Å².